The zero-order valence-electron chi connectivity index (χ0n) is 24.7. The Morgan fingerprint density at radius 3 is 1.51 bits per heavy atom. The molecule has 0 aliphatic carbocycles. The molecule has 2 heteroatoms. The van der Waals surface area contributed by atoms with Crippen molar-refractivity contribution in [2.45, 2.75) is 0 Å². The van der Waals surface area contributed by atoms with Gasteiger partial charge >= 0.3 is 0 Å². The molecule has 0 amide bonds. The summed E-state index contributed by atoms with van der Waals surface area (Å²) < 4.78 is 1.72. The zero-order chi connectivity index (χ0) is 30.5. The van der Waals surface area contributed by atoms with Crippen molar-refractivity contribution in [1.29, 1.82) is 0 Å². The number of hydrogen-bond acceptors (Lipinski definition) is 1. The van der Waals surface area contributed by atoms with Crippen LogP contribution in [-0.4, -0.2) is 4.57 Å². The van der Waals surface area contributed by atoms with E-state index >= 15 is 0 Å². The normalized spacial score (nSPS) is 12.0. The summed E-state index contributed by atoms with van der Waals surface area (Å²) in [5.74, 6) is 0. The topological polar surface area (TPSA) is 22.0 Å². The molecule has 0 spiro atoms. The summed E-state index contributed by atoms with van der Waals surface area (Å²) in [6, 6.07) is 47.0. The Morgan fingerprint density at radius 2 is 0.933 bits per heavy atom. The van der Waals surface area contributed by atoms with Gasteiger partial charge in [0.05, 0.1) is 5.52 Å². The highest BCUT2D eigenvalue weighted by atomic mass is 16.1. The molecule has 45 heavy (non-hydrogen) atoms. The molecule has 0 atom stereocenters. The molecular formula is C43H29NO. The van der Waals surface area contributed by atoms with Gasteiger partial charge in [-0.05, 0) is 102 Å². The van der Waals surface area contributed by atoms with Crippen LogP contribution in [0.15, 0.2) is 170 Å². The highest BCUT2D eigenvalue weighted by molar-refractivity contribution is 6.25. The average molecular weight is 576 g/mol. The van der Waals surface area contributed by atoms with E-state index in [4.69, 9.17) is 0 Å². The summed E-state index contributed by atoms with van der Waals surface area (Å²) in [5, 5.41) is 10.2. The summed E-state index contributed by atoms with van der Waals surface area (Å²) >= 11 is 0. The monoisotopic (exact) mass is 575 g/mol. The Morgan fingerprint density at radius 1 is 0.467 bits per heavy atom. The van der Waals surface area contributed by atoms with Gasteiger partial charge in [0.15, 0.2) is 0 Å². The fourth-order valence-electron chi connectivity index (χ4n) is 6.84. The van der Waals surface area contributed by atoms with Crippen LogP contribution in [-0.2, 0) is 0 Å². The van der Waals surface area contributed by atoms with E-state index in [0.717, 1.165) is 33.0 Å². The summed E-state index contributed by atoms with van der Waals surface area (Å²) in [6.07, 6.45) is 5.18. The Labute approximate surface area is 261 Å². The Hall–Kier alpha value is -5.99. The van der Waals surface area contributed by atoms with Crippen molar-refractivity contribution in [2.24, 2.45) is 0 Å². The molecule has 8 rings (SSSR count). The number of allylic oxidation sites excluding steroid dienone is 4. The van der Waals surface area contributed by atoms with Crippen LogP contribution < -0.4 is 5.56 Å². The molecule has 1 heterocycles. The van der Waals surface area contributed by atoms with Crippen molar-refractivity contribution in [3.05, 3.63) is 175 Å². The van der Waals surface area contributed by atoms with E-state index in [-0.39, 0.29) is 5.56 Å². The molecule has 0 saturated heterocycles. The maximum atomic E-state index is 13.8. The molecule has 212 valence electrons. The number of fused-ring (bicyclic) bond motifs is 9. The SMILES string of the molecule is C=C/C=C(\C=C)n1c(=O)c2ccc(-c3cccc(-c4ccc5c6ccccc6c6ccccc6c5c4)c3)cc2c2ccccc21. The van der Waals surface area contributed by atoms with Gasteiger partial charge in [-0.1, -0.05) is 122 Å². The number of para-hydroxylation sites is 1. The third-order valence-corrected chi connectivity index (χ3v) is 8.92. The van der Waals surface area contributed by atoms with Crippen LogP contribution in [0.1, 0.15) is 0 Å². The van der Waals surface area contributed by atoms with Crippen LogP contribution in [0, 0.1) is 0 Å². The van der Waals surface area contributed by atoms with E-state index in [0.29, 0.717) is 11.1 Å². The van der Waals surface area contributed by atoms with E-state index in [1.165, 1.54) is 37.9 Å². The molecule has 0 N–H and O–H groups in total. The predicted octanol–water partition coefficient (Wildman–Crippen LogP) is 11.2. The quantitative estimate of drug-likeness (QED) is 0.148. The largest absolute Gasteiger partial charge is 0.276 e. The van der Waals surface area contributed by atoms with Crippen LogP contribution >= 0.6 is 0 Å². The lowest BCUT2D eigenvalue weighted by atomic mass is 9.91. The van der Waals surface area contributed by atoms with Gasteiger partial charge in [-0.2, -0.15) is 0 Å². The smallest absolute Gasteiger partial charge is 0.263 e. The Bertz CT molecular complexity index is 2560. The van der Waals surface area contributed by atoms with Gasteiger partial charge in [0.1, 0.15) is 0 Å². The minimum Gasteiger partial charge on any atom is -0.276 e. The average Bonchev–Trinajstić information content (AvgIpc) is 3.11. The van der Waals surface area contributed by atoms with Crippen molar-refractivity contribution in [3.63, 3.8) is 0 Å². The molecule has 0 saturated carbocycles. The number of benzene rings is 7. The van der Waals surface area contributed by atoms with E-state index in [1.807, 2.05) is 36.4 Å². The number of nitrogens with zero attached hydrogens (tertiary/aromatic N) is 1. The van der Waals surface area contributed by atoms with Crippen molar-refractivity contribution in [2.75, 3.05) is 0 Å². The lowest BCUT2D eigenvalue weighted by molar-refractivity contribution is 1.10. The van der Waals surface area contributed by atoms with Crippen molar-refractivity contribution < 1.29 is 0 Å². The molecule has 8 aromatic rings. The predicted molar refractivity (Wildman–Crippen MR) is 194 cm³/mol. The van der Waals surface area contributed by atoms with Crippen LogP contribution in [0.25, 0.3) is 81.9 Å². The molecule has 1 aromatic heterocycles. The number of rotatable bonds is 5. The first-order valence-electron chi connectivity index (χ1n) is 15.1. The van der Waals surface area contributed by atoms with Gasteiger partial charge in [-0.15, -0.1) is 0 Å². The first kappa shape index (κ1) is 26.6. The summed E-state index contributed by atoms with van der Waals surface area (Å²) in [7, 11) is 0. The van der Waals surface area contributed by atoms with E-state index < -0.39 is 0 Å². The molecule has 0 aliphatic heterocycles. The van der Waals surface area contributed by atoms with Crippen LogP contribution in [0.4, 0.5) is 0 Å². The zero-order valence-corrected chi connectivity index (χ0v) is 24.7. The third-order valence-electron chi connectivity index (χ3n) is 8.92. The molecular weight excluding hydrogens is 546 g/mol. The number of hydrogen-bond donors (Lipinski definition) is 0. The number of aromatic nitrogens is 1. The molecule has 0 unspecified atom stereocenters. The van der Waals surface area contributed by atoms with Gasteiger partial charge < -0.3 is 0 Å². The van der Waals surface area contributed by atoms with E-state index in [9.17, 15) is 4.79 Å². The van der Waals surface area contributed by atoms with Gasteiger partial charge in [-0.25, -0.2) is 0 Å². The van der Waals surface area contributed by atoms with Crippen LogP contribution in [0.5, 0.6) is 0 Å². The van der Waals surface area contributed by atoms with Crippen LogP contribution in [0.2, 0.25) is 0 Å². The van der Waals surface area contributed by atoms with E-state index in [1.54, 1.807) is 16.7 Å². The van der Waals surface area contributed by atoms with Gasteiger partial charge in [0, 0.05) is 16.5 Å². The maximum absolute atomic E-state index is 13.8. The van der Waals surface area contributed by atoms with Crippen molar-refractivity contribution in [3.8, 4) is 22.3 Å². The van der Waals surface area contributed by atoms with Crippen molar-refractivity contribution in [1.82, 2.24) is 4.57 Å². The molecule has 7 aromatic carbocycles. The van der Waals surface area contributed by atoms with Gasteiger partial charge in [0.25, 0.3) is 5.56 Å². The lowest BCUT2D eigenvalue weighted by Gasteiger charge is -2.15. The second-order valence-corrected chi connectivity index (χ2v) is 11.4. The van der Waals surface area contributed by atoms with Crippen LogP contribution in [0.3, 0.4) is 0 Å². The third kappa shape index (κ3) is 4.22. The van der Waals surface area contributed by atoms with E-state index in [2.05, 4.69) is 116 Å². The number of pyridine rings is 1. The summed E-state index contributed by atoms with van der Waals surface area (Å²) in [5.41, 5.74) is 5.94. The maximum Gasteiger partial charge on any atom is 0.263 e. The Kier molecular flexibility index (Phi) is 6.28. The first-order chi connectivity index (χ1) is 22.2. The summed E-state index contributed by atoms with van der Waals surface area (Å²) in [6.45, 7) is 7.76. The second kappa shape index (κ2) is 10.6. The fourth-order valence-corrected chi connectivity index (χ4v) is 6.84. The van der Waals surface area contributed by atoms with Gasteiger partial charge in [0.2, 0.25) is 0 Å². The molecule has 0 radical (unpaired) electrons. The van der Waals surface area contributed by atoms with Gasteiger partial charge in [-0.3, -0.25) is 9.36 Å². The second-order valence-electron chi connectivity index (χ2n) is 11.4. The minimum absolute atomic E-state index is 0.0760. The highest BCUT2D eigenvalue weighted by Gasteiger charge is 2.14. The Balaban J connectivity index is 1.30. The first-order valence-corrected chi connectivity index (χ1v) is 15.1. The molecule has 0 aliphatic rings. The fraction of sp³-hybridized carbons (Fsp3) is 0. The molecule has 2 nitrogen and oxygen atoms in total. The standard InChI is InChI=1S/C43H29NO/c1-3-12-32(4-2)44-42-20-10-9-19-38(42)41-27-31(22-24-39(41)43(44)45)29-14-11-13-28(25-29)30-21-23-37-35-17-6-5-15-33(35)34-16-7-8-18-36(34)40(37)26-30/h3-27H,1-2H2/b32-12+. The summed E-state index contributed by atoms with van der Waals surface area (Å²) in [4.78, 5) is 13.8. The van der Waals surface area contributed by atoms with Crippen molar-refractivity contribution >= 4 is 59.7 Å². The minimum atomic E-state index is -0.0760. The molecule has 0 bridgehead atoms. The lowest BCUT2D eigenvalue weighted by Crippen LogP contribution is -2.19. The molecule has 0 fully saturated rings. The highest BCUT2D eigenvalue weighted by Crippen LogP contribution is 2.38.